The third-order valence-corrected chi connectivity index (χ3v) is 5.39. The second-order valence-corrected chi connectivity index (χ2v) is 7.69. The number of benzene rings is 1. The summed E-state index contributed by atoms with van der Waals surface area (Å²) in [5.74, 6) is 1.93. The lowest BCUT2D eigenvalue weighted by atomic mass is 10.1. The molecule has 4 rings (SSSR count). The van der Waals surface area contributed by atoms with Crippen LogP contribution >= 0.6 is 0 Å². The smallest absolute Gasteiger partial charge is 0.247 e. The fourth-order valence-corrected chi connectivity index (χ4v) is 3.79. The Morgan fingerprint density at radius 3 is 3.03 bits per heavy atom. The molecule has 3 heterocycles. The molecule has 1 atom stereocenters. The Morgan fingerprint density at radius 2 is 2.28 bits per heavy atom. The van der Waals surface area contributed by atoms with Gasteiger partial charge in [-0.3, -0.25) is 4.79 Å². The van der Waals surface area contributed by atoms with Crippen LogP contribution in [0.5, 0.6) is 5.75 Å². The molecule has 9 heteroatoms. The lowest BCUT2D eigenvalue weighted by molar-refractivity contribution is -0.111. The van der Waals surface area contributed by atoms with E-state index >= 15 is 0 Å². The molecule has 1 unspecified atom stereocenters. The zero-order valence-electron chi connectivity index (χ0n) is 18.4. The summed E-state index contributed by atoms with van der Waals surface area (Å²) in [6.45, 7) is 9.90. The maximum absolute atomic E-state index is 11.9. The van der Waals surface area contributed by atoms with Crippen molar-refractivity contribution in [2.45, 2.75) is 32.7 Å². The van der Waals surface area contributed by atoms with Gasteiger partial charge < -0.3 is 26.0 Å². The predicted molar refractivity (Wildman–Crippen MR) is 127 cm³/mol. The summed E-state index contributed by atoms with van der Waals surface area (Å²) in [4.78, 5) is 16.7. The number of amides is 1. The van der Waals surface area contributed by atoms with E-state index in [0.717, 1.165) is 54.5 Å². The maximum Gasteiger partial charge on any atom is 0.247 e. The molecule has 1 aromatic carbocycles. The van der Waals surface area contributed by atoms with Crippen molar-refractivity contribution in [2.75, 3.05) is 35.6 Å². The van der Waals surface area contributed by atoms with Gasteiger partial charge in [0.15, 0.2) is 5.65 Å². The number of ether oxygens (including phenoxy) is 1. The van der Waals surface area contributed by atoms with Crippen LogP contribution in [0.25, 0.3) is 5.65 Å². The van der Waals surface area contributed by atoms with Crippen LogP contribution in [-0.2, 0) is 4.79 Å². The highest BCUT2D eigenvalue weighted by Gasteiger charge is 2.18. The summed E-state index contributed by atoms with van der Waals surface area (Å²) < 4.78 is 7.43. The Kier molecular flexibility index (Phi) is 6.55. The van der Waals surface area contributed by atoms with Crippen LogP contribution in [0.1, 0.15) is 25.3 Å². The predicted octanol–water partition coefficient (Wildman–Crippen LogP) is 3.47. The van der Waals surface area contributed by atoms with Crippen molar-refractivity contribution >= 4 is 34.6 Å². The first-order chi connectivity index (χ1) is 15.6. The van der Waals surface area contributed by atoms with Gasteiger partial charge >= 0.3 is 0 Å². The Bertz CT molecular complexity index is 1120. The van der Waals surface area contributed by atoms with Gasteiger partial charge in [0, 0.05) is 29.9 Å². The van der Waals surface area contributed by atoms with Crippen molar-refractivity contribution in [3.63, 3.8) is 0 Å². The number of nitrogens with zero attached hydrogens (tertiary/aromatic N) is 3. The highest BCUT2D eigenvalue weighted by molar-refractivity contribution is 6.00. The second kappa shape index (κ2) is 9.69. The van der Waals surface area contributed by atoms with E-state index < -0.39 is 0 Å². The Balaban J connectivity index is 1.68. The third-order valence-electron chi connectivity index (χ3n) is 5.39. The Labute approximate surface area is 187 Å². The van der Waals surface area contributed by atoms with Gasteiger partial charge in [0.05, 0.1) is 18.5 Å². The number of aromatic nitrogens is 3. The molecule has 9 nitrogen and oxygen atoms in total. The van der Waals surface area contributed by atoms with E-state index in [9.17, 15) is 4.79 Å². The number of rotatable bonds is 8. The molecule has 1 amide bonds. The molecule has 1 aliphatic heterocycles. The molecular formula is C23H29N7O2. The molecule has 3 aromatic rings. The lowest BCUT2D eigenvalue weighted by Crippen LogP contribution is -2.38. The fourth-order valence-electron chi connectivity index (χ4n) is 3.79. The van der Waals surface area contributed by atoms with E-state index in [0.29, 0.717) is 24.1 Å². The minimum Gasteiger partial charge on any atom is -0.492 e. The number of piperidine rings is 1. The summed E-state index contributed by atoms with van der Waals surface area (Å²) in [7, 11) is 0. The van der Waals surface area contributed by atoms with E-state index in [1.54, 1.807) is 10.7 Å². The Morgan fingerprint density at radius 1 is 1.41 bits per heavy atom. The summed E-state index contributed by atoms with van der Waals surface area (Å²) in [6, 6.07) is 7.78. The molecule has 168 valence electrons. The topological polar surface area (TPSA) is 105 Å². The van der Waals surface area contributed by atoms with Gasteiger partial charge in [-0.1, -0.05) is 6.58 Å². The number of hydrogen-bond donors (Lipinski definition) is 4. The summed E-state index contributed by atoms with van der Waals surface area (Å²) in [6.07, 6.45) is 5.20. The van der Waals surface area contributed by atoms with Crippen LogP contribution in [0.4, 0.5) is 23.0 Å². The molecule has 0 spiro atoms. The molecule has 0 radical (unpaired) electrons. The van der Waals surface area contributed by atoms with Gasteiger partial charge in [-0.05, 0) is 57.5 Å². The fraction of sp³-hybridized carbons (Fsp3) is 0.348. The van der Waals surface area contributed by atoms with E-state index in [2.05, 4.69) is 32.9 Å². The number of nitrogens with one attached hydrogen (secondary N) is 4. The highest BCUT2D eigenvalue weighted by Crippen LogP contribution is 2.32. The first-order valence-electron chi connectivity index (χ1n) is 10.9. The van der Waals surface area contributed by atoms with E-state index in [1.807, 2.05) is 38.1 Å². The van der Waals surface area contributed by atoms with Crippen LogP contribution < -0.4 is 26.0 Å². The van der Waals surface area contributed by atoms with Crippen LogP contribution in [-0.4, -0.2) is 46.2 Å². The second-order valence-electron chi connectivity index (χ2n) is 7.69. The molecule has 0 aliphatic carbocycles. The van der Waals surface area contributed by atoms with Gasteiger partial charge in [-0.25, -0.2) is 4.98 Å². The number of fused-ring (bicyclic) bond motifs is 1. The van der Waals surface area contributed by atoms with Crippen LogP contribution in [0.15, 0.2) is 43.1 Å². The monoisotopic (exact) mass is 435 g/mol. The van der Waals surface area contributed by atoms with Crippen molar-refractivity contribution in [1.29, 1.82) is 0 Å². The normalized spacial score (nSPS) is 15.9. The van der Waals surface area contributed by atoms with Crippen molar-refractivity contribution in [3.8, 4) is 5.75 Å². The molecule has 1 aliphatic rings. The molecule has 1 saturated heterocycles. The first kappa shape index (κ1) is 21.6. The van der Waals surface area contributed by atoms with Gasteiger partial charge in [0.1, 0.15) is 17.4 Å². The number of hydrogen-bond acceptors (Lipinski definition) is 7. The van der Waals surface area contributed by atoms with Crippen molar-refractivity contribution in [1.82, 2.24) is 19.9 Å². The minimum atomic E-state index is -0.301. The zero-order chi connectivity index (χ0) is 22.5. The molecular weight excluding hydrogens is 406 g/mol. The number of carbonyl (C=O) groups is 1. The molecule has 32 heavy (non-hydrogen) atoms. The van der Waals surface area contributed by atoms with E-state index in [-0.39, 0.29) is 5.91 Å². The third kappa shape index (κ3) is 4.67. The molecule has 0 bridgehead atoms. The van der Waals surface area contributed by atoms with E-state index in [1.165, 1.54) is 6.08 Å². The minimum absolute atomic E-state index is 0.301. The average Bonchev–Trinajstić information content (AvgIpc) is 3.27. The van der Waals surface area contributed by atoms with E-state index in [4.69, 9.17) is 9.72 Å². The quantitative estimate of drug-likeness (QED) is 0.402. The molecule has 2 aromatic heterocycles. The van der Waals surface area contributed by atoms with Crippen LogP contribution in [0.3, 0.4) is 0 Å². The van der Waals surface area contributed by atoms with Crippen LogP contribution in [0.2, 0.25) is 0 Å². The summed E-state index contributed by atoms with van der Waals surface area (Å²) in [5, 5.41) is 17.7. The van der Waals surface area contributed by atoms with Gasteiger partial charge in [-0.2, -0.15) is 9.61 Å². The highest BCUT2D eigenvalue weighted by atomic mass is 16.5. The van der Waals surface area contributed by atoms with Crippen molar-refractivity contribution < 1.29 is 9.53 Å². The maximum atomic E-state index is 11.9. The van der Waals surface area contributed by atoms with Crippen molar-refractivity contribution in [2.24, 2.45) is 0 Å². The largest absolute Gasteiger partial charge is 0.492 e. The zero-order valence-corrected chi connectivity index (χ0v) is 18.4. The summed E-state index contributed by atoms with van der Waals surface area (Å²) >= 11 is 0. The first-order valence-corrected chi connectivity index (χ1v) is 10.9. The van der Waals surface area contributed by atoms with Gasteiger partial charge in [0.25, 0.3) is 0 Å². The van der Waals surface area contributed by atoms with Gasteiger partial charge in [-0.15, -0.1) is 0 Å². The van der Waals surface area contributed by atoms with Crippen molar-refractivity contribution in [3.05, 3.63) is 48.7 Å². The van der Waals surface area contributed by atoms with Gasteiger partial charge in [0.2, 0.25) is 5.91 Å². The lowest BCUT2D eigenvalue weighted by Gasteiger charge is -2.25. The summed E-state index contributed by atoms with van der Waals surface area (Å²) in [5.41, 5.74) is 3.05. The number of anilines is 4. The molecule has 1 fully saturated rings. The molecule has 4 N–H and O–H groups in total. The average molecular weight is 436 g/mol. The SMILES string of the molecule is C=CC(=O)Nc1cc(Nc2c(C)c(NC3CCCNC3)nc3ccnn23)ccc1OCC. The number of carbonyl (C=O) groups excluding carboxylic acids is 1. The Hall–Kier alpha value is -3.59. The van der Waals surface area contributed by atoms with Crippen LogP contribution in [0, 0.1) is 6.92 Å². The standard InChI is InChI=1S/C23H29N7O2/c1-4-21(31)28-18-13-16(8-9-19(18)32-5-2)27-23-15(3)22(26-17-7-6-11-24-14-17)29-20-10-12-25-30(20)23/h4,8-10,12-13,17,24,27H,1,5-7,11,14H2,2-3H3,(H,26,29)(H,28,31). The molecule has 0 saturated carbocycles.